The van der Waals surface area contributed by atoms with E-state index in [1.165, 1.54) is 0 Å². The minimum absolute atomic E-state index is 0.0957. The summed E-state index contributed by atoms with van der Waals surface area (Å²) >= 11 is 0. The molecule has 1 saturated carbocycles. The normalized spacial score (nSPS) is 22.4. The first kappa shape index (κ1) is 17.0. The van der Waals surface area contributed by atoms with Gasteiger partial charge in [0.25, 0.3) is 0 Å². The fourth-order valence-corrected chi connectivity index (χ4v) is 3.84. The van der Waals surface area contributed by atoms with E-state index in [0.717, 1.165) is 42.9 Å². The van der Waals surface area contributed by atoms with Gasteiger partial charge in [0.15, 0.2) is 0 Å². The number of hydrogen-bond donors (Lipinski definition) is 0. The summed E-state index contributed by atoms with van der Waals surface area (Å²) < 4.78 is 5.72. The van der Waals surface area contributed by atoms with Gasteiger partial charge in [-0.15, -0.1) is 0 Å². The molecule has 1 atom stereocenters. The molecule has 0 saturated heterocycles. The Balaban J connectivity index is 2.22. The lowest BCUT2D eigenvalue weighted by molar-refractivity contribution is -0.149. The molecule has 0 spiro atoms. The maximum atomic E-state index is 12.9. The topological polar surface area (TPSA) is 26.3 Å². The maximum Gasteiger partial charge on any atom is 0.320 e. The second-order valence-corrected chi connectivity index (χ2v) is 13.1. The Morgan fingerprint density at radius 1 is 1.23 bits per heavy atom. The summed E-state index contributed by atoms with van der Waals surface area (Å²) in [5.41, 5.74) is 1.43. The molecule has 1 aliphatic carbocycles. The van der Waals surface area contributed by atoms with Gasteiger partial charge in [0, 0.05) is 8.07 Å². The Morgan fingerprint density at radius 3 is 2.50 bits per heavy atom. The van der Waals surface area contributed by atoms with Gasteiger partial charge < -0.3 is 4.74 Å². The largest absolute Gasteiger partial charge is 0.465 e. The van der Waals surface area contributed by atoms with Crippen LogP contribution in [0.1, 0.15) is 31.2 Å². The van der Waals surface area contributed by atoms with Crippen LogP contribution in [0.15, 0.2) is 42.5 Å². The zero-order chi connectivity index (χ0) is 16.2. The predicted octanol–water partition coefficient (Wildman–Crippen LogP) is 4.94. The van der Waals surface area contributed by atoms with Crippen molar-refractivity contribution in [3.05, 3.63) is 48.0 Å². The van der Waals surface area contributed by atoms with Crippen LogP contribution in [-0.2, 0) is 14.9 Å². The van der Waals surface area contributed by atoms with Crippen molar-refractivity contribution in [2.45, 2.75) is 56.8 Å². The molecule has 120 valence electrons. The molecule has 0 N–H and O–H groups in total. The number of hydrogen-bond acceptors (Lipinski definition) is 2. The molecule has 3 heteroatoms. The molecule has 1 aliphatic rings. The average Bonchev–Trinajstić information content (AvgIpc) is 2.47. The molecule has 0 aliphatic heterocycles. The average molecular weight is 317 g/mol. The molecule has 0 aromatic heterocycles. The predicted molar refractivity (Wildman–Crippen MR) is 94.8 cm³/mol. The summed E-state index contributed by atoms with van der Waals surface area (Å²) in [6, 6.07) is 11.1. The van der Waals surface area contributed by atoms with Crippen molar-refractivity contribution in [3.63, 3.8) is 0 Å². The highest BCUT2D eigenvalue weighted by Gasteiger charge is 2.45. The van der Waals surface area contributed by atoms with Crippen LogP contribution in [-0.4, -0.2) is 20.7 Å². The van der Waals surface area contributed by atoms with Crippen LogP contribution in [0, 0.1) is 0 Å². The van der Waals surface area contributed by atoms with E-state index < -0.39 is 13.5 Å². The zero-order valence-corrected chi connectivity index (χ0v) is 15.2. The van der Waals surface area contributed by atoms with Crippen molar-refractivity contribution in [2.75, 3.05) is 6.61 Å². The molecule has 2 rings (SSSR count). The van der Waals surface area contributed by atoms with Crippen LogP contribution < -0.4 is 0 Å². The Kier molecular flexibility index (Phi) is 5.27. The summed E-state index contributed by atoms with van der Waals surface area (Å²) in [5.74, 6) is -0.0957. The van der Waals surface area contributed by atoms with Gasteiger partial charge in [-0.05, 0) is 30.9 Å². The fourth-order valence-electron chi connectivity index (χ4n) is 3.13. The summed E-state index contributed by atoms with van der Waals surface area (Å²) in [7, 11) is -1.19. The SMILES string of the molecule is C=C1CCCC[C@@]1(C(=O)OCC[Si](C)(C)C)c1ccccc1. The van der Waals surface area contributed by atoms with Crippen LogP contribution in [0.4, 0.5) is 0 Å². The van der Waals surface area contributed by atoms with Gasteiger partial charge in [-0.2, -0.15) is 0 Å². The van der Waals surface area contributed by atoms with Gasteiger partial charge in [-0.3, -0.25) is 4.79 Å². The molecule has 1 fully saturated rings. The lowest BCUT2D eigenvalue weighted by Gasteiger charge is -2.37. The van der Waals surface area contributed by atoms with E-state index in [0.29, 0.717) is 6.61 Å². The first-order valence-corrected chi connectivity index (χ1v) is 12.0. The minimum Gasteiger partial charge on any atom is -0.465 e. The summed E-state index contributed by atoms with van der Waals surface area (Å²) in [6.45, 7) is 11.7. The molecule has 0 radical (unpaired) electrons. The van der Waals surface area contributed by atoms with Crippen molar-refractivity contribution in [1.82, 2.24) is 0 Å². The Bertz CT molecular complexity index is 530. The molecule has 0 amide bonds. The van der Waals surface area contributed by atoms with Crippen molar-refractivity contribution >= 4 is 14.0 Å². The number of carbonyl (C=O) groups is 1. The zero-order valence-electron chi connectivity index (χ0n) is 14.2. The first-order valence-electron chi connectivity index (χ1n) is 8.27. The van der Waals surface area contributed by atoms with Crippen molar-refractivity contribution in [3.8, 4) is 0 Å². The maximum absolute atomic E-state index is 12.9. The van der Waals surface area contributed by atoms with Crippen LogP contribution in [0.25, 0.3) is 0 Å². The van der Waals surface area contributed by atoms with E-state index >= 15 is 0 Å². The Hall–Kier alpha value is -1.35. The Labute approximate surface area is 135 Å². The van der Waals surface area contributed by atoms with Crippen LogP contribution in [0.2, 0.25) is 25.7 Å². The van der Waals surface area contributed by atoms with Gasteiger partial charge in [0.2, 0.25) is 0 Å². The van der Waals surface area contributed by atoms with Gasteiger partial charge in [-0.25, -0.2) is 0 Å². The van der Waals surface area contributed by atoms with Crippen LogP contribution in [0.5, 0.6) is 0 Å². The third-order valence-electron chi connectivity index (χ3n) is 4.58. The molecule has 1 aromatic rings. The second kappa shape index (κ2) is 6.82. The number of benzene rings is 1. The van der Waals surface area contributed by atoms with Crippen LogP contribution >= 0.6 is 0 Å². The Morgan fingerprint density at radius 2 is 1.91 bits per heavy atom. The van der Waals surface area contributed by atoms with Crippen molar-refractivity contribution < 1.29 is 9.53 Å². The molecule has 22 heavy (non-hydrogen) atoms. The number of rotatable bonds is 5. The fraction of sp³-hybridized carbons (Fsp3) is 0.526. The van der Waals surface area contributed by atoms with Crippen LogP contribution in [0.3, 0.4) is 0 Å². The second-order valence-electron chi connectivity index (χ2n) is 7.53. The van der Waals surface area contributed by atoms with E-state index in [1.54, 1.807) is 0 Å². The van der Waals surface area contributed by atoms with Gasteiger partial charge >= 0.3 is 5.97 Å². The van der Waals surface area contributed by atoms with E-state index in [4.69, 9.17) is 4.74 Å². The van der Waals surface area contributed by atoms with Gasteiger partial charge in [0.1, 0.15) is 5.41 Å². The molecule has 2 nitrogen and oxygen atoms in total. The molecular formula is C19H28O2Si. The van der Waals surface area contributed by atoms with E-state index in [9.17, 15) is 4.79 Å². The van der Waals surface area contributed by atoms with E-state index in [2.05, 4.69) is 26.2 Å². The highest BCUT2D eigenvalue weighted by molar-refractivity contribution is 6.76. The van der Waals surface area contributed by atoms with E-state index in [1.807, 2.05) is 30.3 Å². The summed E-state index contributed by atoms with van der Waals surface area (Å²) in [6.07, 6.45) is 3.91. The van der Waals surface area contributed by atoms with Gasteiger partial charge in [0.05, 0.1) is 6.61 Å². The van der Waals surface area contributed by atoms with Gasteiger partial charge in [-0.1, -0.05) is 68.5 Å². The van der Waals surface area contributed by atoms with E-state index in [-0.39, 0.29) is 5.97 Å². The molecular weight excluding hydrogens is 288 g/mol. The molecule has 0 bridgehead atoms. The minimum atomic E-state index is -1.19. The summed E-state index contributed by atoms with van der Waals surface area (Å²) in [4.78, 5) is 12.9. The highest BCUT2D eigenvalue weighted by atomic mass is 28.3. The lowest BCUT2D eigenvalue weighted by Crippen LogP contribution is -2.41. The highest BCUT2D eigenvalue weighted by Crippen LogP contribution is 2.43. The first-order chi connectivity index (χ1) is 10.4. The molecule has 0 unspecified atom stereocenters. The number of esters is 1. The molecule has 0 heterocycles. The molecule has 1 aromatic carbocycles. The van der Waals surface area contributed by atoms with Crippen molar-refractivity contribution in [2.24, 2.45) is 0 Å². The third-order valence-corrected chi connectivity index (χ3v) is 6.29. The number of carbonyl (C=O) groups excluding carboxylic acids is 1. The summed E-state index contributed by atoms with van der Waals surface area (Å²) in [5, 5.41) is 0. The standard InChI is InChI=1S/C19H28O2Si/c1-16-10-8-9-13-19(16,17-11-6-5-7-12-17)18(20)21-14-15-22(2,3)4/h5-7,11-12H,1,8-10,13-15H2,2-4H3/t19-/m0/s1. The smallest absolute Gasteiger partial charge is 0.320 e. The monoisotopic (exact) mass is 316 g/mol. The van der Waals surface area contributed by atoms with Crippen molar-refractivity contribution in [1.29, 1.82) is 0 Å². The quantitative estimate of drug-likeness (QED) is 0.437. The lowest BCUT2D eigenvalue weighted by atomic mass is 9.66. The number of ether oxygens (including phenoxy) is 1. The third kappa shape index (κ3) is 3.69.